The molecule has 3 aromatic rings. The highest BCUT2D eigenvalue weighted by atomic mass is 19.1. The van der Waals surface area contributed by atoms with Gasteiger partial charge in [-0.25, -0.2) is 8.78 Å². The summed E-state index contributed by atoms with van der Waals surface area (Å²) in [4.78, 5) is 30.0. The van der Waals surface area contributed by atoms with E-state index >= 15 is 0 Å². The molecule has 200 valence electrons. The number of benzene rings is 2. The third kappa shape index (κ3) is 6.21. The van der Waals surface area contributed by atoms with Crippen LogP contribution in [-0.2, 0) is 20.9 Å². The number of nitrogens with one attached hydrogen (secondary N) is 1. The number of carbonyl (C=O) groups excluding carboxylic acids is 2. The van der Waals surface area contributed by atoms with E-state index in [0.717, 1.165) is 43.3 Å². The van der Waals surface area contributed by atoms with Gasteiger partial charge in [0.2, 0.25) is 17.6 Å². The van der Waals surface area contributed by atoms with Crippen LogP contribution in [0.15, 0.2) is 48.5 Å². The molecule has 0 radical (unpaired) electrons. The van der Waals surface area contributed by atoms with Crippen LogP contribution in [0, 0.1) is 11.6 Å². The maximum atomic E-state index is 13.8. The number of amides is 2. The highest BCUT2D eigenvalue weighted by Crippen LogP contribution is 2.27. The van der Waals surface area contributed by atoms with Crippen molar-refractivity contribution in [2.45, 2.75) is 63.3 Å². The van der Waals surface area contributed by atoms with Gasteiger partial charge in [0.1, 0.15) is 24.2 Å². The highest BCUT2D eigenvalue weighted by Gasteiger charge is 2.35. The van der Waals surface area contributed by atoms with Crippen molar-refractivity contribution in [2.75, 3.05) is 13.2 Å². The monoisotopic (exact) mass is 524 g/mol. The van der Waals surface area contributed by atoms with Crippen LogP contribution in [0.5, 0.6) is 0 Å². The average Bonchev–Trinajstić information content (AvgIpc) is 3.69. The Labute approximate surface area is 219 Å². The van der Waals surface area contributed by atoms with Crippen LogP contribution in [0.1, 0.15) is 50.1 Å². The molecule has 5 rings (SSSR count). The summed E-state index contributed by atoms with van der Waals surface area (Å²) in [5.41, 5.74) is 1.06. The molecule has 2 heterocycles. The number of hydrogen-bond donors (Lipinski definition) is 1. The first-order chi connectivity index (χ1) is 18.5. The van der Waals surface area contributed by atoms with Crippen LogP contribution in [0.3, 0.4) is 0 Å². The van der Waals surface area contributed by atoms with Crippen LogP contribution >= 0.6 is 0 Å². The Morgan fingerprint density at radius 1 is 1.00 bits per heavy atom. The molecule has 1 saturated heterocycles. The number of hydrogen-bond acceptors (Lipinski definition) is 6. The van der Waals surface area contributed by atoms with E-state index in [4.69, 9.17) is 4.74 Å². The summed E-state index contributed by atoms with van der Waals surface area (Å²) in [5, 5.41) is 15.4. The lowest BCUT2D eigenvalue weighted by Crippen LogP contribution is -2.49. The minimum absolute atomic E-state index is 0.0420. The molecule has 2 aliphatic rings. The molecule has 2 atom stereocenters. The Bertz CT molecular complexity index is 1240. The van der Waals surface area contributed by atoms with Gasteiger partial charge in [0.05, 0.1) is 6.10 Å². The van der Waals surface area contributed by atoms with Crippen molar-refractivity contribution in [2.24, 2.45) is 0 Å². The van der Waals surface area contributed by atoms with Crippen molar-refractivity contribution in [3.63, 3.8) is 0 Å². The molecule has 0 bridgehead atoms. The minimum atomic E-state index is -0.979. The summed E-state index contributed by atoms with van der Waals surface area (Å²) >= 11 is 0. The molecule has 1 aliphatic heterocycles. The van der Waals surface area contributed by atoms with E-state index < -0.39 is 17.8 Å². The summed E-state index contributed by atoms with van der Waals surface area (Å²) in [6.45, 7) is 0.516. The molecule has 1 aliphatic carbocycles. The van der Waals surface area contributed by atoms with Gasteiger partial charge < -0.3 is 15.0 Å². The van der Waals surface area contributed by atoms with Crippen molar-refractivity contribution in [3.05, 3.63) is 65.7 Å². The molecule has 2 fully saturated rings. The number of aromatic nitrogens is 4. The number of nitrogens with zero attached hydrogens (tertiary/aromatic N) is 5. The van der Waals surface area contributed by atoms with Gasteiger partial charge in [0.15, 0.2) is 0 Å². The predicted octanol–water partition coefficient (Wildman–Crippen LogP) is 3.43. The quantitative estimate of drug-likeness (QED) is 0.460. The summed E-state index contributed by atoms with van der Waals surface area (Å²) in [7, 11) is 0. The van der Waals surface area contributed by atoms with Gasteiger partial charge in [-0.05, 0) is 72.9 Å². The molecule has 9 nitrogen and oxygen atoms in total. The Hall–Kier alpha value is -3.73. The Morgan fingerprint density at radius 3 is 2.34 bits per heavy atom. The molecule has 2 amide bonds. The van der Waals surface area contributed by atoms with E-state index in [1.54, 1.807) is 0 Å². The number of ether oxygens (including phenoxy) is 1. The van der Waals surface area contributed by atoms with E-state index in [1.165, 1.54) is 53.4 Å². The Kier molecular flexibility index (Phi) is 8.02. The van der Waals surface area contributed by atoms with Crippen LogP contribution < -0.4 is 5.32 Å². The summed E-state index contributed by atoms with van der Waals surface area (Å²) in [5.74, 6) is -1.28. The fraction of sp³-hybridized carbons (Fsp3) is 0.444. The molecule has 1 aromatic heterocycles. The van der Waals surface area contributed by atoms with Crippen molar-refractivity contribution < 1.29 is 23.1 Å². The van der Waals surface area contributed by atoms with Crippen LogP contribution in [0.4, 0.5) is 8.78 Å². The van der Waals surface area contributed by atoms with E-state index in [9.17, 15) is 18.4 Å². The summed E-state index contributed by atoms with van der Waals surface area (Å²) in [6.07, 6.45) is 5.26. The van der Waals surface area contributed by atoms with Crippen molar-refractivity contribution in [1.29, 1.82) is 0 Å². The molecule has 0 unspecified atom stereocenters. The SMILES string of the molecule is O=C(NC1CCCC1)[C@@H](c1ccc(F)cc1)N(C[C@H]1CCCO1)C(=O)Cn1nnc(-c2ccc(F)cc2)n1. The lowest BCUT2D eigenvalue weighted by molar-refractivity contribution is -0.143. The molecule has 1 saturated carbocycles. The van der Waals surface area contributed by atoms with E-state index in [2.05, 4.69) is 20.7 Å². The highest BCUT2D eigenvalue weighted by molar-refractivity contribution is 5.89. The summed E-state index contributed by atoms with van der Waals surface area (Å²) < 4.78 is 32.9. The molecule has 1 N–H and O–H groups in total. The second-order valence-electron chi connectivity index (χ2n) is 9.78. The fourth-order valence-electron chi connectivity index (χ4n) is 5.06. The van der Waals surface area contributed by atoms with Gasteiger partial charge in [-0.2, -0.15) is 4.80 Å². The number of tetrazole rings is 1. The molecular weight excluding hydrogens is 494 g/mol. The van der Waals surface area contributed by atoms with E-state index in [-0.39, 0.29) is 42.8 Å². The van der Waals surface area contributed by atoms with Gasteiger partial charge in [0.25, 0.3) is 0 Å². The van der Waals surface area contributed by atoms with Crippen LogP contribution in [0.2, 0.25) is 0 Å². The van der Waals surface area contributed by atoms with Crippen molar-refractivity contribution >= 4 is 11.8 Å². The smallest absolute Gasteiger partial charge is 0.247 e. The Balaban J connectivity index is 1.42. The van der Waals surface area contributed by atoms with Crippen LogP contribution in [0.25, 0.3) is 11.4 Å². The third-order valence-corrected chi connectivity index (χ3v) is 7.02. The van der Waals surface area contributed by atoms with Gasteiger partial charge in [-0.1, -0.05) is 25.0 Å². The minimum Gasteiger partial charge on any atom is -0.376 e. The van der Waals surface area contributed by atoms with Crippen molar-refractivity contribution in [3.8, 4) is 11.4 Å². The summed E-state index contributed by atoms with van der Waals surface area (Å²) in [6, 6.07) is 10.3. The maximum Gasteiger partial charge on any atom is 0.247 e. The second kappa shape index (κ2) is 11.8. The Morgan fingerprint density at radius 2 is 1.68 bits per heavy atom. The zero-order chi connectivity index (χ0) is 26.5. The number of halogens is 2. The molecule has 38 heavy (non-hydrogen) atoms. The van der Waals surface area contributed by atoms with Gasteiger partial charge in [-0.3, -0.25) is 9.59 Å². The average molecular weight is 525 g/mol. The van der Waals surface area contributed by atoms with E-state index in [1.807, 2.05) is 0 Å². The number of carbonyl (C=O) groups is 2. The second-order valence-corrected chi connectivity index (χ2v) is 9.78. The van der Waals surface area contributed by atoms with E-state index in [0.29, 0.717) is 17.7 Å². The molecule has 0 spiro atoms. The lowest BCUT2D eigenvalue weighted by Gasteiger charge is -2.33. The normalized spacial score (nSPS) is 18.4. The molecular formula is C27H30F2N6O3. The van der Waals surface area contributed by atoms with Crippen LogP contribution in [-0.4, -0.2) is 62.2 Å². The van der Waals surface area contributed by atoms with Crippen molar-refractivity contribution in [1.82, 2.24) is 30.4 Å². The number of rotatable bonds is 9. The standard InChI is InChI=1S/C27H30F2N6O3/c28-20-11-7-18(8-12-20)25(27(37)30-22-4-1-2-5-22)34(16-23-6-3-15-38-23)24(36)17-35-32-26(31-33-35)19-9-13-21(29)14-10-19/h7-14,22-23,25H,1-6,15-17H2,(H,30,37)/t23-,25-/m1/s1. The molecule has 2 aromatic carbocycles. The predicted molar refractivity (Wildman–Crippen MR) is 133 cm³/mol. The topological polar surface area (TPSA) is 102 Å². The van der Waals surface area contributed by atoms with Gasteiger partial charge in [-0.15, -0.1) is 10.2 Å². The zero-order valence-corrected chi connectivity index (χ0v) is 20.9. The first-order valence-corrected chi connectivity index (χ1v) is 13.0. The maximum absolute atomic E-state index is 13.8. The van der Waals surface area contributed by atoms with Gasteiger partial charge >= 0.3 is 0 Å². The lowest BCUT2D eigenvalue weighted by atomic mass is 10.0. The fourth-order valence-corrected chi connectivity index (χ4v) is 5.06. The zero-order valence-electron chi connectivity index (χ0n) is 20.9. The molecule has 11 heteroatoms. The third-order valence-electron chi connectivity index (χ3n) is 7.02. The van der Waals surface area contributed by atoms with Gasteiger partial charge in [0, 0.05) is 24.8 Å². The largest absolute Gasteiger partial charge is 0.376 e. The first-order valence-electron chi connectivity index (χ1n) is 13.0. The first kappa shape index (κ1) is 25.9.